The van der Waals surface area contributed by atoms with E-state index in [1.165, 1.54) is 6.92 Å². The first-order chi connectivity index (χ1) is 14.5. The van der Waals surface area contributed by atoms with Gasteiger partial charge in [-0.15, -0.1) is 0 Å². The molecular formula is C23H22N2O5. The maximum atomic E-state index is 12.6. The first kappa shape index (κ1) is 19.8. The molecule has 0 spiro atoms. The number of imide groups is 1. The van der Waals surface area contributed by atoms with E-state index in [0.29, 0.717) is 18.5 Å². The highest BCUT2D eigenvalue weighted by Crippen LogP contribution is 2.36. The zero-order valence-corrected chi connectivity index (χ0v) is 16.5. The SMILES string of the molecule is C[C@@H](C(=O)OCC(=O)Nc1cccc2ccccc12)N1C(=O)[C@H]2CC=CC[C@@H]2C1=O. The zero-order chi connectivity index (χ0) is 21.3. The number of nitrogens with one attached hydrogen (secondary N) is 1. The predicted octanol–water partition coefficient (Wildman–Crippen LogP) is 2.66. The number of rotatable bonds is 5. The molecule has 1 heterocycles. The van der Waals surface area contributed by atoms with E-state index in [9.17, 15) is 19.2 Å². The average Bonchev–Trinajstić information content (AvgIpc) is 3.02. The molecule has 1 aliphatic heterocycles. The number of ether oxygens (including phenoxy) is 1. The number of esters is 1. The molecule has 1 aliphatic carbocycles. The number of hydrogen-bond donors (Lipinski definition) is 1. The summed E-state index contributed by atoms with van der Waals surface area (Å²) in [6, 6.07) is 12.1. The molecule has 7 heteroatoms. The van der Waals surface area contributed by atoms with Gasteiger partial charge in [0.05, 0.1) is 11.8 Å². The molecule has 0 saturated carbocycles. The Labute approximate surface area is 173 Å². The molecule has 0 bridgehead atoms. The molecule has 2 aromatic carbocycles. The van der Waals surface area contributed by atoms with Crippen LogP contribution in [-0.2, 0) is 23.9 Å². The number of allylic oxidation sites excluding steroid dienone is 2. The van der Waals surface area contributed by atoms with Crippen molar-refractivity contribution in [3.8, 4) is 0 Å². The van der Waals surface area contributed by atoms with Crippen molar-refractivity contribution < 1.29 is 23.9 Å². The lowest BCUT2D eigenvalue weighted by atomic mass is 9.85. The molecule has 4 rings (SSSR count). The van der Waals surface area contributed by atoms with Crippen molar-refractivity contribution in [1.29, 1.82) is 0 Å². The number of benzene rings is 2. The van der Waals surface area contributed by atoms with Gasteiger partial charge in [-0.25, -0.2) is 4.79 Å². The molecule has 0 radical (unpaired) electrons. The average molecular weight is 406 g/mol. The van der Waals surface area contributed by atoms with Gasteiger partial charge in [-0.2, -0.15) is 0 Å². The van der Waals surface area contributed by atoms with Crippen LogP contribution in [0.4, 0.5) is 5.69 Å². The van der Waals surface area contributed by atoms with Crippen LogP contribution >= 0.6 is 0 Å². The summed E-state index contributed by atoms with van der Waals surface area (Å²) in [5.41, 5.74) is 0.615. The molecule has 1 fully saturated rings. The van der Waals surface area contributed by atoms with Crippen LogP contribution in [-0.4, -0.2) is 41.2 Å². The number of carbonyl (C=O) groups is 4. The van der Waals surface area contributed by atoms with Crippen molar-refractivity contribution in [2.75, 3.05) is 11.9 Å². The van der Waals surface area contributed by atoms with Gasteiger partial charge in [0.2, 0.25) is 11.8 Å². The van der Waals surface area contributed by atoms with Gasteiger partial charge < -0.3 is 10.1 Å². The van der Waals surface area contributed by atoms with Crippen molar-refractivity contribution in [3.63, 3.8) is 0 Å². The minimum Gasteiger partial charge on any atom is -0.454 e. The Kier molecular flexibility index (Phi) is 5.35. The minimum absolute atomic E-state index is 0.348. The van der Waals surface area contributed by atoms with Crippen LogP contribution in [0.5, 0.6) is 0 Å². The second kappa shape index (κ2) is 8.10. The standard InChI is InChI=1S/C23H22N2O5/c1-14(25-21(27)17-10-4-5-11-18(17)22(25)28)23(29)30-13-20(26)24-19-12-6-8-15-7-2-3-9-16(15)19/h2-9,12,14,17-18H,10-11,13H2,1H3,(H,24,26)/t14-,17-,18-/m0/s1. The summed E-state index contributed by atoms with van der Waals surface area (Å²) >= 11 is 0. The Balaban J connectivity index is 1.36. The Morgan fingerprint density at radius 1 is 1.03 bits per heavy atom. The number of anilines is 1. The van der Waals surface area contributed by atoms with Crippen LogP contribution in [0.15, 0.2) is 54.6 Å². The van der Waals surface area contributed by atoms with E-state index in [2.05, 4.69) is 5.32 Å². The van der Waals surface area contributed by atoms with E-state index in [0.717, 1.165) is 15.7 Å². The van der Waals surface area contributed by atoms with Gasteiger partial charge in [0.1, 0.15) is 6.04 Å². The van der Waals surface area contributed by atoms with Gasteiger partial charge in [-0.05, 0) is 31.2 Å². The highest BCUT2D eigenvalue weighted by Gasteiger charge is 2.50. The second-order valence-electron chi connectivity index (χ2n) is 7.56. The van der Waals surface area contributed by atoms with E-state index in [1.807, 2.05) is 48.6 Å². The number of carbonyl (C=O) groups excluding carboxylic acids is 4. The van der Waals surface area contributed by atoms with Gasteiger partial charge in [0.25, 0.3) is 5.91 Å². The highest BCUT2D eigenvalue weighted by molar-refractivity contribution is 6.08. The number of likely N-dealkylation sites (tertiary alicyclic amines) is 1. The van der Waals surface area contributed by atoms with Gasteiger partial charge in [-0.1, -0.05) is 48.6 Å². The van der Waals surface area contributed by atoms with Crippen LogP contribution in [0.2, 0.25) is 0 Å². The van der Waals surface area contributed by atoms with Crippen LogP contribution in [0, 0.1) is 11.8 Å². The first-order valence-electron chi connectivity index (χ1n) is 9.93. The lowest BCUT2D eigenvalue weighted by Gasteiger charge is -2.21. The summed E-state index contributed by atoms with van der Waals surface area (Å²) in [5, 5.41) is 4.58. The summed E-state index contributed by atoms with van der Waals surface area (Å²) in [6.07, 6.45) is 4.77. The Bertz CT molecular complexity index is 1030. The van der Waals surface area contributed by atoms with Crippen molar-refractivity contribution >= 4 is 40.2 Å². The van der Waals surface area contributed by atoms with Crippen molar-refractivity contribution in [2.24, 2.45) is 11.8 Å². The smallest absolute Gasteiger partial charge is 0.329 e. The molecule has 1 saturated heterocycles. The number of hydrogen-bond acceptors (Lipinski definition) is 5. The number of fused-ring (bicyclic) bond motifs is 2. The Morgan fingerprint density at radius 3 is 2.37 bits per heavy atom. The van der Waals surface area contributed by atoms with E-state index in [4.69, 9.17) is 4.74 Å². The van der Waals surface area contributed by atoms with Crippen molar-refractivity contribution in [3.05, 3.63) is 54.6 Å². The number of nitrogens with zero attached hydrogens (tertiary/aromatic N) is 1. The molecule has 2 aromatic rings. The van der Waals surface area contributed by atoms with Crippen LogP contribution in [0.1, 0.15) is 19.8 Å². The van der Waals surface area contributed by atoms with Crippen LogP contribution in [0.25, 0.3) is 10.8 Å². The maximum Gasteiger partial charge on any atom is 0.329 e. The molecule has 0 aromatic heterocycles. The van der Waals surface area contributed by atoms with Crippen molar-refractivity contribution in [1.82, 2.24) is 4.90 Å². The fourth-order valence-electron chi connectivity index (χ4n) is 4.09. The van der Waals surface area contributed by atoms with E-state index in [1.54, 1.807) is 6.07 Å². The summed E-state index contributed by atoms with van der Waals surface area (Å²) in [6.45, 7) is 0.947. The zero-order valence-electron chi connectivity index (χ0n) is 16.5. The number of amides is 3. The third kappa shape index (κ3) is 3.58. The highest BCUT2D eigenvalue weighted by atomic mass is 16.5. The molecular weight excluding hydrogens is 384 g/mol. The van der Waals surface area contributed by atoms with Crippen LogP contribution < -0.4 is 5.32 Å². The third-order valence-electron chi connectivity index (χ3n) is 5.68. The molecule has 3 amide bonds. The second-order valence-corrected chi connectivity index (χ2v) is 7.56. The van der Waals surface area contributed by atoms with Gasteiger partial charge in [-0.3, -0.25) is 19.3 Å². The lowest BCUT2D eigenvalue weighted by molar-refractivity contribution is -0.159. The summed E-state index contributed by atoms with van der Waals surface area (Å²) in [7, 11) is 0. The molecule has 7 nitrogen and oxygen atoms in total. The molecule has 2 aliphatic rings. The Hall–Kier alpha value is -3.48. The quantitative estimate of drug-likeness (QED) is 0.468. The van der Waals surface area contributed by atoms with E-state index >= 15 is 0 Å². The molecule has 1 N–H and O–H groups in total. The molecule has 3 atom stereocenters. The normalized spacial score (nSPS) is 21.4. The molecule has 0 unspecified atom stereocenters. The minimum atomic E-state index is -1.07. The van der Waals surface area contributed by atoms with Gasteiger partial charge in [0.15, 0.2) is 6.61 Å². The predicted molar refractivity (Wildman–Crippen MR) is 110 cm³/mol. The van der Waals surface area contributed by atoms with Gasteiger partial charge in [0, 0.05) is 11.1 Å². The fraction of sp³-hybridized carbons (Fsp3) is 0.304. The molecule has 154 valence electrons. The van der Waals surface area contributed by atoms with Crippen LogP contribution in [0.3, 0.4) is 0 Å². The monoisotopic (exact) mass is 406 g/mol. The largest absolute Gasteiger partial charge is 0.454 e. The fourth-order valence-corrected chi connectivity index (χ4v) is 4.09. The van der Waals surface area contributed by atoms with Crippen molar-refractivity contribution in [2.45, 2.75) is 25.8 Å². The summed E-state index contributed by atoms with van der Waals surface area (Å²) < 4.78 is 5.10. The molecule has 30 heavy (non-hydrogen) atoms. The lowest BCUT2D eigenvalue weighted by Crippen LogP contribution is -2.45. The third-order valence-corrected chi connectivity index (χ3v) is 5.68. The topological polar surface area (TPSA) is 92.8 Å². The van der Waals surface area contributed by atoms with E-state index in [-0.39, 0.29) is 11.8 Å². The van der Waals surface area contributed by atoms with E-state index < -0.39 is 36.4 Å². The summed E-state index contributed by atoms with van der Waals surface area (Å²) in [4.78, 5) is 50.9. The maximum absolute atomic E-state index is 12.6. The first-order valence-corrected chi connectivity index (χ1v) is 9.93. The Morgan fingerprint density at radius 2 is 1.67 bits per heavy atom. The summed E-state index contributed by atoms with van der Waals surface area (Å²) in [5.74, 6) is -2.79. The van der Waals surface area contributed by atoms with Gasteiger partial charge >= 0.3 is 5.97 Å².